The molecule has 0 amide bonds. The van der Waals surface area contributed by atoms with E-state index in [-0.39, 0.29) is 11.8 Å². The molecule has 0 saturated carbocycles. The lowest BCUT2D eigenvalue weighted by molar-refractivity contribution is 0.577. The quantitative estimate of drug-likeness (QED) is 0.359. The van der Waals surface area contributed by atoms with Crippen LogP contribution in [-0.4, -0.2) is 5.96 Å². The highest BCUT2D eigenvalue weighted by Crippen LogP contribution is 2.11. The maximum Gasteiger partial charge on any atom is 0.289 e. The molecule has 0 saturated heterocycles. The average Bonchev–Trinajstić information content (AvgIpc) is 2.52. The standard InChI is InChI=1S/C5H5N5O/c6-9-5(10-7)8-4-2-1-3-11-4/h1-3,6-7H. The third-order valence-corrected chi connectivity index (χ3v) is 0.916. The number of nitrogens with one attached hydrogen (secondary N) is 2. The van der Waals surface area contributed by atoms with Crippen molar-refractivity contribution < 1.29 is 4.42 Å². The number of aliphatic imine (C=N–C) groups is 1. The summed E-state index contributed by atoms with van der Waals surface area (Å²) in [7, 11) is 0. The van der Waals surface area contributed by atoms with Crippen LogP contribution in [0.15, 0.2) is 38.0 Å². The van der Waals surface area contributed by atoms with Gasteiger partial charge < -0.3 is 4.42 Å². The minimum absolute atomic E-state index is 0.236. The molecule has 0 aromatic carbocycles. The molecular formula is C5H5N5O. The van der Waals surface area contributed by atoms with Crippen molar-refractivity contribution in [2.45, 2.75) is 0 Å². The van der Waals surface area contributed by atoms with E-state index < -0.39 is 0 Å². The zero-order valence-corrected chi connectivity index (χ0v) is 5.48. The first-order chi connectivity index (χ1) is 5.36. The number of nitrogens with zero attached hydrogens (tertiary/aromatic N) is 3. The zero-order chi connectivity index (χ0) is 8.10. The van der Waals surface area contributed by atoms with Gasteiger partial charge in [0.2, 0.25) is 5.88 Å². The molecule has 0 atom stereocenters. The van der Waals surface area contributed by atoms with E-state index in [0.717, 1.165) is 0 Å². The summed E-state index contributed by atoms with van der Waals surface area (Å²) < 4.78 is 4.79. The van der Waals surface area contributed by atoms with Crippen LogP contribution in [0.4, 0.5) is 5.88 Å². The topological polar surface area (TPSA) is 97.9 Å². The van der Waals surface area contributed by atoms with Crippen LogP contribution in [0, 0.1) is 11.1 Å². The molecular weight excluding hydrogens is 146 g/mol. The third-order valence-electron chi connectivity index (χ3n) is 0.916. The van der Waals surface area contributed by atoms with Crippen LogP contribution in [0.25, 0.3) is 0 Å². The van der Waals surface area contributed by atoms with Gasteiger partial charge in [-0.25, -0.2) is 11.1 Å². The van der Waals surface area contributed by atoms with Crippen molar-refractivity contribution in [3.8, 4) is 0 Å². The summed E-state index contributed by atoms with van der Waals surface area (Å²) in [4.78, 5) is 3.60. The fraction of sp³-hybridized carbons (Fsp3) is 0. The molecule has 0 aliphatic heterocycles. The van der Waals surface area contributed by atoms with Crippen LogP contribution >= 0.6 is 0 Å². The highest BCUT2D eigenvalue weighted by molar-refractivity contribution is 5.81. The Hall–Kier alpha value is -1.85. The molecule has 56 valence electrons. The molecule has 0 aliphatic carbocycles. The number of rotatable bonds is 1. The average molecular weight is 151 g/mol. The summed E-state index contributed by atoms with van der Waals surface area (Å²) in [6.07, 6.45) is 1.43. The summed E-state index contributed by atoms with van der Waals surface area (Å²) in [6, 6.07) is 3.22. The van der Waals surface area contributed by atoms with Crippen molar-refractivity contribution in [2.24, 2.45) is 15.2 Å². The van der Waals surface area contributed by atoms with Gasteiger partial charge in [0.05, 0.1) is 6.26 Å². The summed E-state index contributed by atoms with van der Waals surface area (Å²) in [5, 5.41) is 5.73. The maximum atomic E-state index is 6.50. The molecule has 6 heteroatoms. The van der Waals surface area contributed by atoms with Gasteiger partial charge in [-0.05, 0) is 6.07 Å². The normalized spacial score (nSPS) is 8.73. The van der Waals surface area contributed by atoms with Gasteiger partial charge in [0, 0.05) is 6.07 Å². The second-order valence-electron chi connectivity index (χ2n) is 1.59. The molecule has 0 aliphatic rings. The predicted molar refractivity (Wildman–Crippen MR) is 36.1 cm³/mol. The fourth-order valence-corrected chi connectivity index (χ4v) is 0.507. The third kappa shape index (κ3) is 1.78. The van der Waals surface area contributed by atoms with E-state index in [9.17, 15) is 0 Å². The summed E-state index contributed by atoms with van der Waals surface area (Å²) in [5.41, 5.74) is 13.0. The Kier molecular flexibility index (Phi) is 2.21. The highest BCUT2D eigenvalue weighted by atomic mass is 16.3. The molecule has 1 rings (SSSR count). The number of guanidine groups is 1. The van der Waals surface area contributed by atoms with Crippen LogP contribution in [0.1, 0.15) is 0 Å². The van der Waals surface area contributed by atoms with Crippen LogP contribution in [0.5, 0.6) is 0 Å². The number of furan rings is 1. The van der Waals surface area contributed by atoms with E-state index in [0.29, 0.717) is 0 Å². The van der Waals surface area contributed by atoms with Gasteiger partial charge in [-0.2, -0.15) is 4.99 Å². The summed E-state index contributed by atoms with van der Waals surface area (Å²) >= 11 is 0. The van der Waals surface area contributed by atoms with Crippen molar-refractivity contribution in [1.29, 1.82) is 11.1 Å². The molecule has 0 bridgehead atoms. The minimum Gasteiger partial charge on any atom is -0.447 e. The molecule has 6 nitrogen and oxygen atoms in total. The van der Waals surface area contributed by atoms with Gasteiger partial charge in [0.25, 0.3) is 5.96 Å². The lowest BCUT2D eigenvalue weighted by Crippen LogP contribution is -1.81. The summed E-state index contributed by atoms with van der Waals surface area (Å²) in [5.74, 6) is 0.0481. The lowest BCUT2D eigenvalue weighted by Gasteiger charge is -1.83. The van der Waals surface area contributed by atoms with Gasteiger partial charge in [-0.1, -0.05) is 0 Å². The van der Waals surface area contributed by atoms with E-state index in [4.69, 9.17) is 15.5 Å². The van der Waals surface area contributed by atoms with E-state index in [1.165, 1.54) is 6.26 Å². The Bertz CT molecular complexity index is 265. The summed E-state index contributed by atoms with van der Waals surface area (Å²) in [6.45, 7) is 0. The van der Waals surface area contributed by atoms with Gasteiger partial charge >= 0.3 is 0 Å². The first-order valence-corrected chi connectivity index (χ1v) is 2.74. The molecule has 0 unspecified atom stereocenters. The molecule has 1 heterocycles. The highest BCUT2D eigenvalue weighted by Gasteiger charge is 1.94. The first-order valence-electron chi connectivity index (χ1n) is 2.74. The van der Waals surface area contributed by atoms with Crippen LogP contribution in [0.3, 0.4) is 0 Å². The Balaban J connectivity index is 2.87. The molecule has 0 radical (unpaired) electrons. The van der Waals surface area contributed by atoms with E-state index in [1.54, 1.807) is 12.1 Å². The molecule has 11 heavy (non-hydrogen) atoms. The monoisotopic (exact) mass is 151 g/mol. The fourth-order valence-electron chi connectivity index (χ4n) is 0.507. The Labute approximate surface area is 62.0 Å². The molecule has 1 aromatic rings. The van der Waals surface area contributed by atoms with Crippen molar-refractivity contribution in [3.05, 3.63) is 18.4 Å². The van der Waals surface area contributed by atoms with Crippen molar-refractivity contribution in [2.75, 3.05) is 0 Å². The largest absolute Gasteiger partial charge is 0.447 e. The van der Waals surface area contributed by atoms with Gasteiger partial charge in [0.1, 0.15) is 0 Å². The molecule has 0 fully saturated rings. The number of hydrogen-bond donors (Lipinski definition) is 2. The smallest absolute Gasteiger partial charge is 0.289 e. The second-order valence-corrected chi connectivity index (χ2v) is 1.59. The molecule has 0 spiro atoms. The Morgan fingerprint density at radius 2 is 2.09 bits per heavy atom. The Morgan fingerprint density at radius 3 is 2.55 bits per heavy atom. The maximum absolute atomic E-state index is 6.50. The van der Waals surface area contributed by atoms with Gasteiger partial charge in [-0.3, -0.25) is 0 Å². The van der Waals surface area contributed by atoms with Crippen molar-refractivity contribution in [3.63, 3.8) is 0 Å². The first kappa shape index (κ1) is 7.26. The van der Waals surface area contributed by atoms with Crippen molar-refractivity contribution >= 4 is 11.8 Å². The SMILES string of the molecule is N=NC(N=N)=Nc1ccco1. The zero-order valence-electron chi connectivity index (χ0n) is 5.48. The van der Waals surface area contributed by atoms with Crippen molar-refractivity contribution in [1.82, 2.24) is 0 Å². The van der Waals surface area contributed by atoms with E-state index in [2.05, 4.69) is 15.2 Å². The van der Waals surface area contributed by atoms with E-state index in [1.807, 2.05) is 0 Å². The lowest BCUT2D eigenvalue weighted by atomic mass is 10.6. The van der Waals surface area contributed by atoms with Gasteiger partial charge in [0.15, 0.2) is 0 Å². The molecule has 2 N–H and O–H groups in total. The number of hydrogen-bond acceptors (Lipinski definition) is 4. The molecule has 1 aromatic heterocycles. The minimum atomic E-state index is -0.236. The second kappa shape index (κ2) is 3.35. The van der Waals surface area contributed by atoms with Crippen LogP contribution < -0.4 is 0 Å². The van der Waals surface area contributed by atoms with Gasteiger partial charge in [-0.15, -0.1) is 10.2 Å². The predicted octanol–water partition coefficient (Wildman–Crippen LogP) is 2.33. The van der Waals surface area contributed by atoms with Crippen LogP contribution in [-0.2, 0) is 0 Å². The van der Waals surface area contributed by atoms with Crippen LogP contribution in [0.2, 0.25) is 0 Å². The Morgan fingerprint density at radius 1 is 1.36 bits per heavy atom. The van der Waals surface area contributed by atoms with E-state index >= 15 is 0 Å².